The predicted octanol–water partition coefficient (Wildman–Crippen LogP) is 4.20. The number of rotatable bonds is 5. The van der Waals surface area contributed by atoms with Crippen LogP contribution in [0.15, 0.2) is 57.9 Å². The lowest BCUT2D eigenvalue weighted by Gasteiger charge is -2.08. The molecule has 2 aromatic carbocycles. The second kappa shape index (κ2) is 6.73. The van der Waals surface area contributed by atoms with Crippen molar-refractivity contribution in [3.63, 3.8) is 0 Å². The van der Waals surface area contributed by atoms with Gasteiger partial charge in [0.25, 0.3) is 0 Å². The van der Waals surface area contributed by atoms with Crippen LogP contribution in [0.5, 0.6) is 0 Å². The molecule has 3 rings (SSSR count). The van der Waals surface area contributed by atoms with Crippen LogP contribution in [0.2, 0.25) is 5.02 Å². The molecule has 0 bridgehead atoms. The van der Waals surface area contributed by atoms with Crippen LogP contribution in [-0.2, 0) is 14.6 Å². The predicted molar refractivity (Wildman–Crippen MR) is 99.2 cm³/mol. The first kappa shape index (κ1) is 18.4. The van der Waals surface area contributed by atoms with Crippen molar-refractivity contribution >= 4 is 37.4 Å². The van der Waals surface area contributed by atoms with Gasteiger partial charge in [-0.15, -0.1) is 0 Å². The van der Waals surface area contributed by atoms with Gasteiger partial charge in [0.15, 0.2) is 9.84 Å². The number of ether oxygens (including phenoxy) is 1. The van der Waals surface area contributed by atoms with Crippen molar-refractivity contribution in [1.82, 2.24) is 0 Å². The second-order valence-electron chi connectivity index (χ2n) is 6.03. The zero-order valence-electron chi connectivity index (χ0n) is 13.3. The van der Waals surface area contributed by atoms with E-state index in [0.29, 0.717) is 5.02 Å². The molecule has 1 aliphatic carbocycles. The quantitative estimate of drug-likeness (QED) is 0.699. The van der Waals surface area contributed by atoms with Crippen LogP contribution in [0.3, 0.4) is 0 Å². The lowest BCUT2D eigenvalue weighted by atomic mass is 10.0. The Morgan fingerprint density at radius 3 is 2.32 bits per heavy atom. The monoisotopic (exact) mass is 439 g/mol. The maximum absolute atomic E-state index is 13.1. The zero-order valence-corrected chi connectivity index (χ0v) is 16.5. The van der Waals surface area contributed by atoms with E-state index in [1.165, 1.54) is 31.4 Å². The minimum absolute atomic E-state index is 0.0573. The van der Waals surface area contributed by atoms with Gasteiger partial charge in [-0.25, -0.2) is 8.42 Å². The summed E-state index contributed by atoms with van der Waals surface area (Å²) >= 11 is 9.23. The molecular formula is C18H15BrClNO3S. The molecule has 2 aromatic rings. The van der Waals surface area contributed by atoms with E-state index in [4.69, 9.17) is 16.3 Å². The smallest absolute Gasteiger partial charge is 0.183 e. The van der Waals surface area contributed by atoms with Crippen molar-refractivity contribution in [1.29, 1.82) is 5.26 Å². The van der Waals surface area contributed by atoms with Gasteiger partial charge in [-0.3, -0.25) is 0 Å². The van der Waals surface area contributed by atoms with Gasteiger partial charge in [-0.2, -0.15) is 5.26 Å². The number of halogens is 2. The van der Waals surface area contributed by atoms with Gasteiger partial charge >= 0.3 is 0 Å². The van der Waals surface area contributed by atoms with Crippen LogP contribution in [0.1, 0.15) is 11.5 Å². The molecule has 0 aromatic heterocycles. The summed E-state index contributed by atoms with van der Waals surface area (Å²) in [7, 11) is -2.23. The summed E-state index contributed by atoms with van der Waals surface area (Å²) in [5.74, 6) is -0.439. The molecule has 0 amide bonds. The average Bonchev–Trinajstić information content (AvgIpc) is 3.26. The first-order chi connectivity index (χ1) is 11.9. The summed E-state index contributed by atoms with van der Waals surface area (Å²) in [6.45, 7) is 0.0573. The fourth-order valence-electron chi connectivity index (χ4n) is 3.35. The molecule has 130 valence electrons. The number of nitrogens with zero attached hydrogens (tertiary/aromatic N) is 1. The number of methoxy groups -OCH3 is 1. The molecule has 1 fully saturated rings. The Bertz CT molecular complexity index is 922. The fraction of sp³-hybridized carbons (Fsp3) is 0.278. The summed E-state index contributed by atoms with van der Waals surface area (Å²) in [4.78, 5) is 0.164. The van der Waals surface area contributed by atoms with Gasteiger partial charge < -0.3 is 4.74 Å². The van der Waals surface area contributed by atoms with Crippen LogP contribution in [0, 0.1) is 16.7 Å². The van der Waals surface area contributed by atoms with Crippen molar-refractivity contribution in [2.45, 2.75) is 16.1 Å². The number of hydrogen-bond donors (Lipinski definition) is 0. The molecule has 1 saturated carbocycles. The van der Waals surface area contributed by atoms with E-state index in [2.05, 4.69) is 22.0 Å². The summed E-state index contributed by atoms with van der Waals surface area (Å²) in [5.41, 5.74) is -0.287. The minimum Gasteiger partial charge on any atom is -0.383 e. The van der Waals surface area contributed by atoms with E-state index in [1.54, 1.807) is 0 Å². The van der Waals surface area contributed by atoms with Crippen molar-refractivity contribution < 1.29 is 13.2 Å². The highest BCUT2D eigenvalue weighted by Gasteiger charge is 2.72. The van der Waals surface area contributed by atoms with Crippen LogP contribution in [-0.4, -0.2) is 27.4 Å². The van der Waals surface area contributed by atoms with Crippen molar-refractivity contribution in [3.8, 4) is 6.07 Å². The third kappa shape index (κ3) is 3.11. The molecule has 25 heavy (non-hydrogen) atoms. The molecule has 0 aliphatic heterocycles. The highest BCUT2D eigenvalue weighted by atomic mass is 79.9. The number of nitriles is 1. The minimum atomic E-state index is -3.70. The molecular weight excluding hydrogens is 426 g/mol. The van der Waals surface area contributed by atoms with Crippen molar-refractivity contribution in [3.05, 3.63) is 63.6 Å². The highest BCUT2D eigenvalue weighted by Crippen LogP contribution is 2.63. The Kier molecular flexibility index (Phi) is 4.95. The second-order valence-corrected chi connectivity index (χ2v) is 9.46. The number of sulfone groups is 1. The lowest BCUT2D eigenvalue weighted by Crippen LogP contribution is -2.19. The molecule has 4 nitrogen and oxygen atoms in total. The maximum Gasteiger partial charge on any atom is 0.183 e. The van der Waals surface area contributed by atoms with Crippen LogP contribution in [0.25, 0.3) is 0 Å². The number of hydrogen-bond acceptors (Lipinski definition) is 4. The lowest BCUT2D eigenvalue weighted by molar-refractivity contribution is 0.162. The zero-order chi connectivity index (χ0) is 18.2. The third-order valence-corrected chi connectivity index (χ3v) is 7.62. The van der Waals surface area contributed by atoms with E-state index >= 15 is 0 Å². The summed E-state index contributed by atoms with van der Waals surface area (Å²) in [6, 6.07) is 15.6. The Morgan fingerprint density at radius 2 is 1.80 bits per heavy atom. The third-order valence-electron chi connectivity index (χ3n) is 4.55. The van der Waals surface area contributed by atoms with E-state index < -0.39 is 26.4 Å². The Labute approximate surface area is 160 Å². The van der Waals surface area contributed by atoms with Gasteiger partial charge in [0.1, 0.15) is 5.41 Å². The molecule has 3 atom stereocenters. The molecule has 0 unspecified atom stereocenters. The fourth-order valence-corrected chi connectivity index (χ4v) is 6.05. The number of benzene rings is 2. The van der Waals surface area contributed by atoms with Gasteiger partial charge in [-0.05, 0) is 42.0 Å². The van der Waals surface area contributed by atoms with Crippen LogP contribution >= 0.6 is 27.5 Å². The molecule has 0 spiro atoms. The van der Waals surface area contributed by atoms with Crippen LogP contribution < -0.4 is 0 Å². The first-order valence-electron chi connectivity index (χ1n) is 7.52. The molecule has 0 N–H and O–H groups in total. The van der Waals surface area contributed by atoms with Gasteiger partial charge in [-0.1, -0.05) is 39.7 Å². The van der Waals surface area contributed by atoms with Gasteiger partial charge in [0.2, 0.25) is 0 Å². The van der Waals surface area contributed by atoms with Crippen molar-refractivity contribution in [2.75, 3.05) is 13.7 Å². The van der Waals surface area contributed by atoms with E-state index in [1.807, 2.05) is 24.3 Å². The summed E-state index contributed by atoms with van der Waals surface area (Å²) in [6.07, 6.45) is 0. The Morgan fingerprint density at radius 1 is 1.20 bits per heavy atom. The molecule has 0 heterocycles. The summed E-state index contributed by atoms with van der Waals surface area (Å²) in [5, 5.41) is 9.38. The summed E-state index contributed by atoms with van der Waals surface area (Å²) < 4.78 is 32.4. The van der Waals surface area contributed by atoms with Gasteiger partial charge in [0, 0.05) is 22.5 Å². The van der Waals surface area contributed by atoms with E-state index in [-0.39, 0.29) is 11.5 Å². The first-order valence-corrected chi connectivity index (χ1v) is 10.2. The van der Waals surface area contributed by atoms with Crippen LogP contribution in [0.4, 0.5) is 0 Å². The normalized spacial score (nSPS) is 25.4. The maximum atomic E-state index is 13.1. The highest BCUT2D eigenvalue weighted by molar-refractivity contribution is 9.10. The molecule has 7 heteroatoms. The average molecular weight is 441 g/mol. The standard InChI is InChI=1S/C18H15BrClNO3S/c1-24-11-18(10-21)16(12-2-4-13(19)5-3-12)17(18)25(22,23)15-8-6-14(20)7-9-15/h2-9,16-17H,11H2,1H3/t16-,17+,18+/m0/s1. The largest absolute Gasteiger partial charge is 0.383 e. The van der Waals surface area contributed by atoms with E-state index in [0.717, 1.165) is 10.0 Å². The Balaban J connectivity index is 2.07. The topological polar surface area (TPSA) is 67.2 Å². The molecule has 1 aliphatic rings. The van der Waals surface area contributed by atoms with Gasteiger partial charge in [0.05, 0.1) is 22.8 Å². The molecule has 0 radical (unpaired) electrons. The molecule has 0 saturated heterocycles. The Hall–Kier alpha value is -1.39. The SMILES string of the molecule is COC[C@@]1(C#N)[C@H](S(=O)(=O)c2ccc(Cl)cc2)[C@@H]1c1ccc(Br)cc1. The van der Waals surface area contributed by atoms with E-state index in [9.17, 15) is 13.7 Å². The van der Waals surface area contributed by atoms with Crippen molar-refractivity contribution in [2.24, 2.45) is 5.41 Å².